The molecule has 3 heterocycles. The van der Waals surface area contributed by atoms with E-state index in [1.54, 1.807) is 30.5 Å². The number of carbonyl (C=O) groups is 2. The van der Waals surface area contributed by atoms with Gasteiger partial charge < -0.3 is 13.7 Å². The Hall–Kier alpha value is -4.59. The predicted octanol–water partition coefficient (Wildman–Crippen LogP) is 3.79. The molecule has 0 saturated heterocycles. The van der Waals surface area contributed by atoms with Crippen molar-refractivity contribution in [3.8, 4) is 5.75 Å². The van der Waals surface area contributed by atoms with Crippen molar-refractivity contribution in [2.75, 3.05) is 0 Å². The summed E-state index contributed by atoms with van der Waals surface area (Å²) in [5, 5.41) is 0.819. The van der Waals surface area contributed by atoms with Gasteiger partial charge in [0.25, 0.3) is 11.8 Å². The number of aromatic nitrogens is 3. The van der Waals surface area contributed by atoms with Crippen molar-refractivity contribution in [1.29, 1.82) is 0 Å². The number of fused-ring (bicyclic) bond motifs is 2. The molecule has 0 spiro atoms. The van der Waals surface area contributed by atoms with E-state index in [2.05, 4.69) is 15.8 Å². The summed E-state index contributed by atoms with van der Waals surface area (Å²) >= 11 is 0. The summed E-state index contributed by atoms with van der Waals surface area (Å²) in [7, 11) is 1.87. The fourth-order valence-electron chi connectivity index (χ4n) is 3.86. The summed E-state index contributed by atoms with van der Waals surface area (Å²) in [6.45, 7) is 2.34. The molecule has 0 aliphatic carbocycles. The number of imidazole rings is 1. The Morgan fingerprint density at radius 2 is 1.68 bits per heavy atom. The fourth-order valence-corrected chi connectivity index (χ4v) is 3.86. The molecule has 2 aromatic carbocycles. The van der Waals surface area contributed by atoms with Gasteiger partial charge in [-0.05, 0) is 48.9 Å². The van der Waals surface area contributed by atoms with E-state index in [1.807, 2.05) is 71.7 Å². The normalized spacial score (nSPS) is 11.0. The third kappa shape index (κ3) is 4.21. The molecule has 2 N–H and O–H groups in total. The topological polar surface area (TPSA) is 89.7 Å². The standard InChI is InChI=1S/C26H23N5O3/c1-17-7-12-24-27-19(14-31(24)13-17)16-34-20-10-8-18(9-11-20)25(32)28-29-26(33)22-15-30(2)23-6-4-3-5-21(22)23/h3-15H,16H2,1-2H3,(H,28,32)(H,29,33). The van der Waals surface area contributed by atoms with E-state index in [0.717, 1.165) is 27.8 Å². The number of pyridine rings is 1. The van der Waals surface area contributed by atoms with E-state index in [-0.39, 0.29) is 5.91 Å². The van der Waals surface area contributed by atoms with Crippen LogP contribution < -0.4 is 15.6 Å². The largest absolute Gasteiger partial charge is 0.487 e. The number of nitrogens with zero attached hydrogens (tertiary/aromatic N) is 3. The van der Waals surface area contributed by atoms with Gasteiger partial charge >= 0.3 is 0 Å². The summed E-state index contributed by atoms with van der Waals surface area (Å²) < 4.78 is 9.65. The molecule has 0 unspecified atom stereocenters. The molecule has 0 atom stereocenters. The Morgan fingerprint density at radius 3 is 2.50 bits per heavy atom. The Balaban J connectivity index is 1.18. The maximum atomic E-state index is 12.6. The average Bonchev–Trinajstić information content (AvgIpc) is 3.41. The van der Waals surface area contributed by atoms with Gasteiger partial charge in [0.2, 0.25) is 0 Å². The predicted molar refractivity (Wildman–Crippen MR) is 129 cm³/mol. The Labute approximate surface area is 195 Å². The van der Waals surface area contributed by atoms with Crippen LogP contribution >= 0.6 is 0 Å². The highest BCUT2D eigenvalue weighted by Crippen LogP contribution is 2.20. The quantitative estimate of drug-likeness (QED) is 0.396. The van der Waals surface area contributed by atoms with Crippen molar-refractivity contribution in [1.82, 2.24) is 24.8 Å². The van der Waals surface area contributed by atoms with Crippen LogP contribution in [0, 0.1) is 6.92 Å². The molecule has 0 saturated carbocycles. The van der Waals surface area contributed by atoms with Gasteiger partial charge in [0.1, 0.15) is 18.0 Å². The summed E-state index contributed by atoms with van der Waals surface area (Å²) in [6, 6.07) is 18.3. The maximum absolute atomic E-state index is 12.6. The lowest BCUT2D eigenvalue weighted by Gasteiger charge is -2.08. The molecular formula is C26H23N5O3. The number of hydrogen-bond donors (Lipinski definition) is 2. The first kappa shape index (κ1) is 21.3. The van der Waals surface area contributed by atoms with E-state index in [9.17, 15) is 9.59 Å². The van der Waals surface area contributed by atoms with Crippen molar-refractivity contribution in [2.24, 2.45) is 7.05 Å². The molecule has 170 valence electrons. The number of amides is 2. The highest BCUT2D eigenvalue weighted by molar-refractivity contribution is 6.08. The molecule has 8 heteroatoms. The van der Waals surface area contributed by atoms with Gasteiger partial charge in [-0.25, -0.2) is 4.98 Å². The van der Waals surface area contributed by atoms with Crippen LogP contribution in [0.3, 0.4) is 0 Å². The number of benzene rings is 2. The summed E-state index contributed by atoms with van der Waals surface area (Å²) in [5.74, 6) is -0.187. The zero-order chi connectivity index (χ0) is 23.7. The highest BCUT2D eigenvalue weighted by Gasteiger charge is 2.15. The van der Waals surface area contributed by atoms with E-state index >= 15 is 0 Å². The lowest BCUT2D eigenvalue weighted by Crippen LogP contribution is -2.41. The minimum Gasteiger partial charge on any atom is -0.487 e. The van der Waals surface area contributed by atoms with Gasteiger partial charge in [-0.3, -0.25) is 20.4 Å². The Bertz CT molecular complexity index is 1520. The van der Waals surface area contributed by atoms with Gasteiger partial charge in [0, 0.05) is 42.1 Å². The van der Waals surface area contributed by atoms with Crippen LogP contribution in [-0.4, -0.2) is 25.8 Å². The van der Waals surface area contributed by atoms with Gasteiger partial charge in [-0.15, -0.1) is 0 Å². The van der Waals surface area contributed by atoms with Crippen molar-refractivity contribution >= 4 is 28.4 Å². The number of ether oxygens (including phenoxy) is 1. The van der Waals surface area contributed by atoms with Crippen molar-refractivity contribution < 1.29 is 14.3 Å². The molecule has 5 rings (SSSR count). The Kier molecular flexibility index (Phi) is 5.47. The molecule has 2 amide bonds. The van der Waals surface area contributed by atoms with Crippen LogP contribution in [-0.2, 0) is 13.7 Å². The number of hydrogen-bond acceptors (Lipinski definition) is 4. The zero-order valence-electron chi connectivity index (χ0n) is 18.8. The lowest BCUT2D eigenvalue weighted by atomic mass is 10.2. The van der Waals surface area contributed by atoms with Gasteiger partial charge in [-0.1, -0.05) is 24.3 Å². The van der Waals surface area contributed by atoms with Crippen LogP contribution in [0.5, 0.6) is 5.75 Å². The van der Waals surface area contributed by atoms with Crippen molar-refractivity contribution in [3.63, 3.8) is 0 Å². The first-order valence-electron chi connectivity index (χ1n) is 10.8. The number of hydrazine groups is 1. The number of para-hydroxylation sites is 1. The van der Waals surface area contributed by atoms with Crippen LogP contribution in [0.2, 0.25) is 0 Å². The average molecular weight is 454 g/mol. The van der Waals surface area contributed by atoms with Crippen LogP contribution in [0.4, 0.5) is 0 Å². The van der Waals surface area contributed by atoms with Crippen molar-refractivity contribution in [3.05, 3.63) is 102 Å². The number of nitrogens with one attached hydrogen (secondary N) is 2. The molecule has 0 aliphatic heterocycles. The van der Waals surface area contributed by atoms with E-state index in [0.29, 0.717) is 23.5 Å². The maximum Gasteiger partial charge on any atom is 0.271 e. The van der Waals surface area contributed by atoms with Gasteiger partial charge in [0.05, 0.1) is 11.3 Å². The summed E-state index contributed by atoms with van der Waals surface area (Å²) in [4.78, 5) is 29.6. The van der Waals surface area contributed by atoms with Crippen LogP contribution in [0.25, 0.3) is 16.6 Å². The summed E-state index contributed by atoms with van der Waals surface area (Å²) in [5.41, 5.74) is 9.60. The third-order valence-corrected chi connectivity index (χ3v) is 5.58. The smallest absolute Gasteiger partial charge is 0.271 e. The monoisotopic (exact) mass is 453 g/mol. The molecule has 0 bridgehead atoms. The third-order valence-electron chi connectivity index (χ3n) is 5.58. The van der Waals surface area contributed by atoms with E-state index in [4.69, 9.17) is 4.74 Å². The molecular weight excluding hydrogens is 430 g/mol. The SMILES string of the molecule is Cc1ccc2nc(COc3ccc(C(=O)NNC(=O)c4cn(C)c5ccccc45)cc3)cn2c1. The molecule has 34 heavy (non-hydrogen) atoms. The molecule has 5 aromatic rings. The summed E-state index contributed by atoms with van der Waals surface area (Å²) in [6.07, 6.45) is 5.68. The van der Waals surface area contributed by atoms with Gasteiger partial charge in [0.15, 0.2) is 0 Å². The second-order valence-electron chi connectivity index (χ2n) is 8.10. The first-order chi connectivity index (χ1) is 16.5. The first-order valence-corrected chi connectivity index (χ1v) is 10.8. The zero-order valence-corrected chi connectivity index (χ0v) is 18.8. The van der Waals surface area contributed by atoms with E-state index < -0.39 is 5.91 Å². The minimum absolute atomic E-state index is 0.313. The molecule has 0 radical (unpaired) electrons. The molecule has 0 aliphatic rings. The Morgan fingerprint density at radius 1 is 0.912 bits per heavy atom. The fraction of sp³-hybridized carbons (Fsp3) is 0.115. The second kappa shape index (κ2) is 8.74. The van der Waals surface area contributed by atoms with Crippen LogP contribution in [0.1, 0.15) is 32.0 Å². The molecule has 0 fully saturated rings. The number of aryl methyl sites for hydroxylation is 2. The van der Waals surface area contributed by atoms with E-state index in [1.165, 1.54) is 0 Å². The molecule has 3 aromatic heterocycles. The lowest BCUT2D eigenvalue weighted by molar-refractivity contribution is 0.0847. The van der Waals surface area contributed by atoms with Crippen LogP contribution in [0.15, 0.2) is 79.3 Å². The number of rotatable bonds is 5. The second-order valence-corrected chi connectivity index (χ2v) is 8.10. The minimum atomic E-state index is -0.421. The van der Waals surface area contributed by atoms with Gasteiger partial charge in [-0.2, -0.15) is 0 Å². The highest BCUT2D eigenvalue weighted by atomic mass is 16.5. The van der Waals surface area contributed by atoms with Crippen molar-refractivity contribution in [2.45, 2.75) is 13.5 Å². The molecule has 8 nitrogen and oxygen atoms in total. The number of carbonyl (C=O) groups excluding carboxylic acids is 2.